The number of aromatic nitrogens is 9. The molecule has 15 rings (SSSR count). The molecule has 90 heavy (non-hydrogen) atoms. The summed E-state index contributed by atoms with van der Waals surface area (Å²) in [5, 5.41) is -0.0752. The van der Waals surface area contributed by atoms with Crippen molar-refractivity contribution in [3.63, 3.8) is 0 Å². The monoisotopic (exact) mass is 1300 g/mol. The number of sulfonamides is 1. The molecule has 0 aromatic carbocycles. The summed E-state index contributed by atoms with van der Waals surface area (Å²) >= 11 is 6.33. The van der Waals surface area contributed by atoms with Gasteiger partial charge in [-0.2, -0.15) is 0 Å². The van der Waals surface area contributed by atoms with Crippen LogP contribution in [0.2, 0.25) is 5.15 Å². The summed E-state index contributed by atoms with van der Waals surface area (Å²) in [6.45, 7) is 12.6. The van der Waals surface area contributed by atoms with E-state index in [0.29, 0.717) is 82.3 Å². The lowest BCUT2D eigenvalue weighted by Crippen LogP contribution is -2.43. The van der Waals surface area contributed by atoms with Gasteiger partial charge in [0.15, 0.2) is 9.84 Å². The molecule has 4 atom stereocenters. The predicted octanol–water partition coefficient (Wildman–Crippen LogP) is 7.61. The smallest absolute Gasteiger partial charge is 0.211 e. The highest BCUT2D eigenvalue weighted by Crippen LogP contribution is 2.41. The standard InChI is InChI=1S/2C22H27N5O2S.C21H24ClN5O2S/c1-15-12-20-18(13-27(15)21-6-9-23-19-5-3-4-17(19)21)22(25-14-24-20)26-10-7-16(8-11-26)30(2,28)29;1-15-10-21-19(13-27(15)18-11-17-4-3-5-20(17)23-12-18)22(25-14-24-21)16-6-8-26(9-7-16)30(2,28)29;1-13-8-18-16(11-27(13)19-9-20(22)25-17-5-3-4-15(17)19)21(24-12-23-18)26-7-6-14(10-26)30(2,28)29/h3-4,6,9,14-16H,5,7-8,10-13H2,1-2H3;3,5,11-12,14-16H,4,6-10,13H2,1-2H3;3-4,9,12-14H,5-8,10-11H2,1-2H3/t2*15-;13-,14-/m111/s1. The molecule has 12 heterocycles. The largest absolute Gasteiger partial charge is 0.363 e. The van der Waals surface area contributed by atoms with E-state index in [-0.39, 0.29) is 22.5 Å². The topological polar surface area (TPSA) is 238 Å². The maximum Gasteiger partial charge on any atom is 0.211 e. The van der Waals surface area contributed by atoms with Crippen molar-refractivity contribution in [2.24, 2.45) is 0 Å². The number of piperidine rings is 2. The van der Waals surface area contributed by atoms with Gasteiger partial charge in [0.2, 0.25) is 10.0 Å². The molecule has 0 N–H and O–H groups in total. The summed E-state index contributed by atoms with van der Waals surface area (Å²) < 4.78 is 73.2. The van der Waals surface area contributed by atoms with Crippen LogP contribution in [0.5, 0.6) is 0 Å². The number of allylic oxidation sites excluding steroid dienone is 3. The van der Waals surface area contributed by atoms with Crippen molar-refractivity contribution in [2.75, 3.05) is 82.5 Å². The third-order valence-corrected chi connectivity index (χ3v) is 24.5. The van der Waals surface area contributed by atoms with E-state index in [0.717, 1.165) is 138 Å². The molecule has 3 fully saturated rings. The maximum absolute atomic E-state index is 12.0. The number of rotatable bonds is 9. The molecule has 0 unspecified atom stereocenters. The molecule has 6 aromatic heterocycles. The first-order valence-electron chi connectivity index (χ1n) is 31.4. The molecule has 0 radical (unpaired) electrons. The first kappa shape index (κ1) is 61.8. The van der Waals surface area contributed by atoms with Gasteiger partial charge in [-0.05, 0) is 89.1 Å². The van der Waals surface area contributed by atoms with Crippen LogP contribution in [-0.4, -0.2) is 161 Å². The van der Waals surface area contributed by atoms with Crippen LogP contribution in [0.4, 0.5) is 28.7 Å². The van der Waals surface area contributed by atoms with Crippen molar-refractivity contribution in [1.29, 1.82) is 0 Å². The van der Waals surface area contributed by atoms with Gasteiger partial charge in [-0.1, -0.05) is 42.0 Å². The molecule has 6 aliphatic heterocycles. The minimum Gasteiger partial charge on any atom is -0.363 e. The van der Waals surface area contributed by atoms with E-state index in [1.165, 1.54) is 46.7 Å². The molecule has 21 nitrogen and oxygen atoms in total. The van der Waals surface area contributed by atoms with Crippen molar-refractivity contribution in [3.8, 4) is 0 Å². The Labute approximate surface area is 533 Å². The lowest BCUT2D eigenvalue weighted by Gasteiger charge is -2.39. The van der Waals surface area contributed by atoms with Crippen LogP contribution in [-0.2, 0) is 87.9 Å². The molecule has 0 spiro atoms. The van der Waals surface area contributed by atoms with Crippen LogP contribution >= 0.6 is 11.6 Å². The van der Waals surface area contributed by atoms with Crippen LogP contribution in [0.3, 0.4) is 0 Å². The number of nitrogens with zero attached hydrogens (tertiary/aromatic N) is 15. The summed E-state index contributed by atoms with van der Waals surface area (Å²) in [7, 11) is -9.18. The first-order chi connectivity index (χ1) is 43.1. The number of hydrogen-bond donors (Lipinski definition) is 0. The normalized spacial score (nSPS) is 22.3. The fraction of sp³-hybridized carbons (Fsp3) is 0.492. The third-order valence-electron chi connectivity index (χ3n) is 19.7. The summed E-state index contributed by atoms with van der Waals surface area (Å²) in [5.41, 5.74) is 18.1. The average Bonchev–Trinajstić information content (AvgIpc) is 1.21. The van der Waals surface area contributed by atoms with Gasteiger partial charge in [-0.15, -0.1) is 0 Å². The Balaban J connectivity index is 0.000000124. The predicted molar refractivity (Wildman–Crippen MR) is 354 cm³/mol. The highest BCUT2D eigenvalue weighted by Gasteiger charge is 2.38. The Morgan fingerprint density at radius 3 is 1.70 bits per heavy atom. The average molecular weight is 1300 g/mol. The number of anilines is 5. The Morgan fingerprint density at radius 2 is 1.07 bits per heavy atom. The molecule has 0 amide bonds. The van der Waals surface area contributed by atoms with Crippen LogP contribution in [0.1, 0.15) is 132 Å². The maximum atomic E-state index is 12.0. The van der Waals surface area contributed by atoms with Crippen LogP contribution in [0, 0.1) is 0 Å². The van der Waals surface area contributed by atoms with Crippen molar-refractivity contribution >= 4 is 88.2 Å². The van der Waals surface area contributed by atoms with Crippen molar-refractivity contribution in [2.45, 2.75) is 146 Å². The molecule has 3 saturated heterocycles. The third kappa shape index (κ3) is 12.6. The van der Waals surface area contributed by atoms with Crippen LogP contribution in [0.15, 0.2) is 67.8 Å². The molecule has 474 valence electrons. The van der Waals surface area contributed by atoms with Gasteiger partial charge in [-0.25, -0.2) is 64.4 Å². The molecular formula is C65H78ClN15O6S3. The molecular weight excluding hydrogens is 1220 g/mol. The summed E-state index contributed by atoms with van der Waals surface area (Å²) in [4.78, 5) is 52.8. The molecule has 3 aliphatic carbocycles. The second kappa shape index (κ2) is 24.9. The van der Waals surface area contributed by atoms with Gasteiger partial charge in [-0.3, -0.25) is 9.97 Å². The number of hydrogen-bond acceptors (Lipinski definition) is 20. The van der Waals surface area contributed by atoms with E-state index < -0.39 is 29.7 Å². The van der Waals surface area contributed by atoms with E-state index in [2.05, 4.69) is 139 Å². The van der Waals surface area contributed by atoms with E-state index >= 15 is 0 Å². The van der Waals surface area contributed by atoms with E-state index in [4.69, 9.17) is 11.6 Å². The molecule has 9 aliphatic rings. The van der Waals surface area contributed by atoms with Gasteiger partial charge >= 0.3 is 0 Å². The van der Waals surface area contributed by atoms with Gasteiger partial charge in [0.25, 0.3) is 0 Å². The molecule has 25 heteroatoms. The highest BCUT2D eigenvalue weighted by molar-refractivity contribution is 7.91. The van der Waals surface area contributed by atoms with Crippen molar-refractivity contribution in [3.05, 3.63) is 146 Å². The summed E-state index contributed by atoms with van der Waals surface area (Å²) in [6, 6.07) is 7.23. The second-order valence-corrected chi connectivity index (χ2v) is 32.7. The first-order valence-corrected chi connectivity index (χ1v) is 37.5. The Kier molecular flexibility index (Phi) is 17.1. The van der Waals surface area contributed by atoms with Gasteiger partial charge in [0, 0.05) is 173 Å². The molecule has 6 aromatic rings. The SMILES string of the molecule is C[C@@H]1Cc2ncnc(C3CCN(S(C)(=O)=O)CC3)c2CN1c1cnc2c(c1)CC=C2.C[C@@H]1Cc2ncnc(N3CCC(S(C)(=O)=O)CC3)c2CN1c1ccnc2c1C=CC2.C[C@@H]1Cc2ncnc(N3CC[C@@H](S(C)(=O)=O)C3)c2CN1c1cc(Cl)nc2c1C=CC2. The van der Waals surface area contributed by atoms with Crippen molar-refractivity contribution < 1.29 is 25.3 Å². The van der Waals surface area contributed by atoms with Gasteiger partial charge < -0.3 is 24.5 Å². The van der Waals surface area contributed by atoms with Gasteiger partial charge in [0.1, 0.15) is 45.6 Å². The summed E-state index contributed by atoms with van der Waals surface area (Å²) in [6.07, 6.45) is 34.4. The quantitative estimate of drug-likeness (QED) is 0.127. The Bertz CT molecular complexity index is 4210. The zero-order valence-corrected chi connectivity index (χ0v) is 55.2. The number of sulfone groups is 2. The fourth-order valence-corrected chi connectivity index (χ4v) is 17.8. The van der Waals surface area contributed by atoms with E-state index in [9.17, 15) is 25.3 Å². The van der Waals surface area contributed by atoms with Gasteiger partial charge in [0.05, 0.1) is 68.5 Å². The summed E-state index contributed by atoms with van der Waals surface area (Å²) in [5.74, 6) is 2.10. The lowest BCUT2D eigenvalue weighted by molar-refractivity contribution is 0.317. The lowest BCUT2D eigenvalue weighted by atomic mass is 9.88. The number of pyridine rings is 3. The Morgan fingerprint density at radius 1 is 0.522 bits per heavy atom. The van der Waals surface area contributed by atoms with Crippen LogP contribution < -0.4 is 24.5 Å². The van der Waals surface area contributed by atoms with Crippen molar-refractivity contribution in [1.82, 2.24) is 49.2 Å². The fourth-order valence-electron chi connectivity index (χ4n) is 14.7. The zero-order chi connectivity index (χ0) is 62.8. The Hall–Kier alpha value is -6.99. The molecule has 0 saturated carbocycles. The zero-order valence-electron chi connectivity index (χ0n) is 51.9. The second-order valence-electron chi connectivity index (χ2n) is 25.7. The minimum atomic E-state index is -3.13. The number of halogens is 1. The number of fused-ring (bicyclic) bond motifs is 6. The minimum absolute atomic E-state index is 0.242. The molecule has 0 bridgehead atoms. The van der Waals surface area contributed by atoms with E-state index in [1.807, 2.05) is 18.5 Å². The highest BCUT2D eigenvalue weighted by atomic mass is 35.5. The van der Waals surface area contributed by atoms with E-state index in [1.54, 1.807) is 23.3 Å². The van der Waals surface area contributed by atoms with Crippen LogP contribution in [0.25, 0.3) is 18.2 Å².